The molecule has 0 atom stereocenters. The van der Waals surface area contributed by atoms with Gasteiger partial charge < -0.3 is 4.98 Å². The van der Waals surface area contributed by atoms with Crippen molar-refractivity contribution in [2.75, 3.05) is 0 Å². The molecule has 5 rings (SSSR count). The van der Waals surface area contributed by atoms with Gasteiger partial charge in [0.1, 0.15) is 5.82 Å². The summed E-state index contributed by atoms with van der Waals surface area (Å²) < 4.78 is 3.32. The summed E-state index contributed by atoms with van der Waals surface area (Å²) in [6.45, 7) is 0. The standard InChI is InChI=1S/C23H19N5O/c1-27-18-11-10-16(13-19(18)28(2)23(27)29)21-20(15-7-4-3-5-8-15)25-22(26-21)17-9-6-12-24-14-17/h3-14H,1-2H3,(H,25,26). The molecule has 1 N–H and O–H groups in total. The molecule has 3 heterocycles. The lowest BCUT2D eigenvalue weighted by Crippen LogP contribution is -2.19. The third-order valence-electron chi connectivity index (χ3n) is 5.25. The second kappa shape index (κ2) is 6.60. The lowest BCUT2D eigenvalue weighted by atomic mass is 10.0. The minimum Gasteiger partial charge on any atom is -0.337 e. The molecule has 0 saturated heterocycles. The quantitative estimate of drug-likeness (QED) is 0.514. The summed E-state index contributed by atoms with van der Waals surface area (Å²) in [4.78, 5) is 24.9. The fourth-order valence-corrected chi connectivity index (χ4v) is 3.69. The molecular weight excluding hydrogens is 362 g/mol. The maximum absolute atomic E-state index is 12.3. The lowest BCUT2D eigenvalue weighted by Gasteiger charge is -2.04. The molecule has 0 fully saturated rings. The smallest absolute Gasteiger partial charge is 0.328 e. The van der Waals surface area contributed by atoms with Crippen molar-refractivity contribution in [1.82, 2.24) is 24.1 Å². The molecule has 0 saturated carbocycles. The number of hydrogen-bond acceptors (Lipinski definition) is 3. The number of imidazole rings is 2. The first-order chi connectivity index (χ1) is 14.1. The molecule has 0 radical (unpaired) electrons. The van der Waals surface area contributed by atoms with Crippen LogP contribution in [0, 0.1) is 0 Å². The van der Waals surface area contributed by atoms with E-state index in [-0.39, 0.29) is 5.69 Å². The van der Waals surface area contributed by atoms with Crippen LogP contribution in [0.4, 0.5) is 0 Å². The third kappa shape index (κ3) is 2.77. The molecule has 29 heavy (non-hydrogen) atoms. The van der Waals surface area contributed by atoms with E-state index in [9.17, 15) is 4.79 Å². The van der Waals surface area contributed by atoms with Crippen molar-refractivity contribution in [2.45, 2.75) is 0 Å². The summed E-state index contributed by atoms with van der Waals surface area (Å²) >= 11 is 0. The zero-order valence-electron chi connectivity index (χ0n) is 16.1. The van der Waals surface area contributed by atoms with E-state index in [1.54, 1.807) is 35.6 Å². The number of nitrogens with one attached hydrogen (secondary N) is 1. The first-order valence-corrected chi connectivity index (χ1v) is 9.35. The van der Waals surface area contributed by atoms with Gasteiger partial charge in [0.2, 0.25) is 0 Å². The van der Waals surface area contributed by atoms with E-state index in [1.165, 1.54) is 0 Å². The average molecular weight is 381 g/mol. The van der Waals surface area contributed by atoms with Gasteiger partial charge in [0.15, 0.2) is 0 Å². The number of nitrogens with zero attached hydrogens (tertiary/aromatic N) is 4. The number of aromatic amines is 1. The molecular formula is C23H19N5O. The Morgan fingerprint density at radius 2 is 1.59 bits per heavy atom. The first-order valence-electron chi connectivity index (χ1n) is 9.35. The normalized spacial score (nSPS) is 11.2. The molecule has 0 aliphatic heterocycles. The van der Waals surface area contributed by atoms with Crippen LogP contribution in [0.15, 0.2) is 77.9 Å². The average Bonchev–Trinajstić information content (AvgIpc) is 3.31. The van der Waals surface area contributed by atoms with Gasteiger partial charge >= 0.3 is 5.69 Å². The number of hydrogen-bond donors (Lipinski definition) is 1. The largest absolute Gasteiger partial charge is 0.337 e. The van der Waals surface area contributed by atoms with E-state index in [2.05, 4.69) is 22.1 Å². The minimum atomic E-state index is -0.0430. The highest BCUT2D eigenvalue weighted by Crippen LogP contribution is 2.34. The van der Waals surface area contributed by atoms with E-state index in [0.717, 1.165) is 44.9 Å². The molecule has 6 heteroatoms. The minimum absolute atomic E-state index is 0.0430. The van der Waals surface area contributed by atoms with Gasteiger partial charge in [-0.3, -0.25) is 14.1 Å². The van der Waals surface area contributed by atoms with Gasteiger partial charge in [-0.05, 0) is 24.3 Å². The monoisotopic (exact) mass is 381 g/mol. The molecule has 0 aliphatic rings. The fourth-order valence-electron chi connectivity index (χ4n) is 3.69. The van der Waals surface area contributed by atoms with E-state index in [0.29, 0.717) is 0 Å². The summed E-state index contributed by atoms with van der Waals surface area (Å²) in [7, 11) is 3.58. The van der Waals surface area contributed by atoms with Crippen LogP contribution in [0.1, 0.15) is 0 Å². The molecule has 6 nitrogen and oxygen atoms in total. The SMILES string of the molecule is Cn1c(=O)n(C)c2cc(-c3nc(-c4cccnc4)[nH]c3-c3ccccc3)ccc21. The Hall–Kier alpha value is -3.93. The topological polar surface area (TPSA) is 68.5 Å². The number of aromatic nitrogens is 5. The number of aryl methyl sites for hydroxylation is 2. The molecule has 0 amide bonds. The predicted molar refractivity (Wildman–Crippen MR) is 114 cm³/mol. The molecule has 0 unspecified atom stereocenters. The van der Waals surface area contributed by atoms with Crippen molar-refractivity contribution in [1.29, 1.82) is 0 Å². The number of benzene rings is 2. The van der Waals surface area contributed by atoms with Crippen molar-refractivity contribution in [2.24, 2.45) is 14.1 Å². The van der Waals surface area contributed by atoms with Crippen molar-refractivity contribution in [3.8, 4) is 33.9 Å². The first kappa shape index (κ1) is 17.2. The molecule has 0 aliphatic carbocycles. The van der Waals surface area contributed by atoms with Gasteiger partial charge in [-0.1, -0.05) is 36.4 Å². The third-order valence-corrected chi connectivity index (χ3v) is 5.25. The van der Waals surface area contributed by atoms with Crippen molar-refractivity contribution in [3.63, 3.8) is 0 Å². The molecule has 0 spiro atoms. The van der Waals surface area contributed by atoms with E-state index >= 15 is 0 Å². The fraction of sp³-hybridized carbons (Fsp3) is 0.0870. The summed E-state index contributed by atoms with van der Waals surface area (Å²) in [6, 6.07) is 20.0. The number of pyridine rings is 1. The van der Waals surface area contributed by atoms with Crippen LogP contribution in [0.25, 0.3) is 44.9 Å². The Morgan fingerprint density at radius 1 is 0.828 bits per heavy atom. The maximum Gasteiger partial charge on any atom is 0.328 e. The van der Waals surface area contributed by atoms with Crippen molar-refractivity contribution >= 4 is 11.0 Å². The summed E-state index contributed by atoms with van der Waals surface area (Å²) in [6.07, 6.45) is 3.54. The Balaban J connectivity index is 1.76. The zero-order valence-corrected chi connectivity index (χ0v) is 16.1. The zero-order chi connectivity index (χ0) is 20.0. The van der Waals surface area contributed by atoms with Crippen LogP contribution in [0.2, 0.25) is 0 Å². The van der Waals surface area contributed by atoms with Gasteiger partial charge in [0.05, 0.1) is 22.4 Å². The maximum atomic E-state index is 12.3. The van der Waals surface area contributed by atoms with Gasteiger partial charge in [0.25, 0.3) is 0 Å². The van der Waals surface area contributed by atoms with Gasteiger partial charge in [-0.25, -0.2) is 9.78 Å². The second-order valence-electron chi connectivity index (χ2n) is 7.02. The lowest BCUT2D eigenvalue weighted by molar-refractivity contribution is 0.795. The molecule has 5 aromatic rings. The van der Waals surface area contributed by atoms with Crippen molar-refractivity contribution in [3.05, 3.63) is 83.5 Å². The van der Waals surface area contributed by atoms with Crippen LogP contribution in [0.3, 0.4) is 0 Å². The van der Waals surface area contributed by atoms with Crippen LogP contribution >= 0.6 is 0 Å². The number of H-pyrrole nitrogens is 1. The van der Waals surface area contributed by atoms with Crippen molar-refractivity contribution < 1.29 is 0 Å². The Morgan fingerprint density at radius 3 is 2.34 bits per heavy atom. The van der Waals surface area contributed by atoms with E-state index in [4.69, 9.17) is 4.98 Å². The summed E-state index contributed by atoms with van der Waals surface area (Å²) in [5, 5.41) is 0. The molecule has 2 aromatic carbocycles. The van der Waals surface area contributed by atoms with Crippen LogP contribution in [-0.2, 0) is 14.1 Å². The number of rotatable bonds is 3. The van der Waals surface area contributed by atoms with Gasteiger partial charge in [-0.2, -0.15) is 0 Å². The molecule has 3 aromatic heterocycles. The summed E-state index contributed by atoms with van der Waals surface area (Å²) in [5.41, 5.74) is 6.42. The molecule has 0 bridgehead atoms. The van der Waals surface area contributed by atoms with Crippen LogP contribution < -0.4 is 5.69 Å². The Kier molecular flexibility index (Phi) is 3.91. The van der Waals surface area contributed by atoms with E-state index in [1.807, 2.05) is 48.5 Å². The van der Waals surface area contributed by atoms with Crippen LogP contribution in [0.5, 0.6) is 0 Å². The molecule has 142 valence electrons. The van der Waals surface area contributed by atoms with Gasteiger partial charge in [-0.15, -0.1) is 0 Å². The Labute approximate surface area is 167 Å². The van der Waals surface area contributed by atoms with E-state index < -0.39 is 0 Å². The Bertz CT molecular complexity index is 1380. The highest BCUT2D eigenvalue weighted by Gasteiger charge is 2.17. The van der Waals surface area contributed by atoms with Gasteiger partial charge in [0, 0.05) is 43.2 Å². The van der Waals surface area contributed by atoms with Crippen LogP contribution in [-0.4, -0.2) is 24.1 Å². The highest BCUT2D eigenvalue weighted by molar-refractivity contribution is 5.87. The predicted octanol–water partition coefficient (Wildman–Crippen LogP) is 4.00. The summed E-state index contributed by atoms with van der Waals surface area (Å²) in [5.74, 6) is 0.758. The second-order valence-corrected chi connectivity index (χ2v) is 7.02. The highest BCUT2D eigenvalue weighted by atomic mass is 16.1. The number of fused-ring (bicyclic) bond motifs is 1.